The summed E-state index contributed by atoms with van der Waals surface area (Å²) in [6.07, 6.45) is 1.98. The van der Waals surface area contributed by atoms with Crippen molar-refractivity contribution in [3.8, 4) is 44.5 Å². The molecular formula is C58H37N. The van der Waals surface area contributed by atoms with Crippen LogP contribution in [0.5, 0.6) is 0 Å². The van der Waals surface area contributed by atoms with E-state index in [-0.39, 0.29) is 0 Å². The molecule has 1 aromatic heterocycles. The molecule has 0 saturated heterocycles. The molecule has 0 atom stereocenters. The molecule has 0 spiro atoms. The maximum Gasteiger partial charge on any atom is 0.0702 e. The van der Waals surface area contributed by atoms with Crippen LogP contribution in [-0.2, 0) is 0 Å². The summed E-state index contributed by atoms with van der Waals surface area (Å²) in [6, 6.07) is 73.9. The van der Waals surface area contributed by atoms with Crippen LogP contribution < -0.4 is 0 Å². The van der Waals surface area contributed by atoms with Gasteiger partial charge in [0.1, 0.15) is 0 Å². The molecule has 1 nitrogen and oxygen atoms in total. The summed E-state index contributed by atoms with van der Waals surface area (Å²) in [5, 5.41) is 16.4. The maximum atomic E-state index is 4.73. The SMILES string of the molecule is Cc1cccc2ccc3cccc(-c4cccc5ccc6cc(-c7c8ccccc8c(-c8ccc(-c9cnc%10ccccc%10c9)cc8)c8ccccc78)ccc6c45)c3c12. The van der Waals surface area contributed by atoms with Crippen LogP contribution in [0.3, 0.4) is 0 Å². The molecular weight excluding hydrogens is 711 g/mol. The van der Waals surface area contributed by atoms with Crippen molar-refractivity contribution in [3.05, 3.63) is 212 Å². The van der Waals surface area contributed by atoms with Gasteiger partial charge in [0.05, 0.1) is 5.52 Å². The van der Waals surface area contributed by atoms with Gasteiger partial charge in [-0.15, -0.1) is 0 Å². The zero-order valence-electron chi connectivity index (χ0n) is 32.6. The van der Waals surface area contributed by atoms with Crippen molar-refractivity contribution < 1.29 is 0 Å². The molecule has 12 rings (SSSR count). The number of benzene rings is 11. The Morgan fingerprint density at radius 3 is 1.49 bits per heavy atom. The second-order valence-corrected chi connectivity index (χ2v) is 15.9. The Hall–Kier alpha value is -7.61. The van der Waals surface area contributed by atoms with E-state index in [1.165, 1.54) is 104 Å². The maximum absolute atomic E-state index is 4.73. The number of pyridine rings is 1. The predicted octanol–water partition coefficient (Wildman–Crippen LogP) is 16.1. The average Bonchev–Trinajstić information content (AvgIpc) is 3.30. The Bertz CT molecular complexity index is 3610. The van der Waals surface area contributed by atoms with E-state index in [4.69, 9.17) is 4.98 Å². The average molecular weight is 748 g/mol. The predicted molar refractivity (Wildman–Crippen MR) is 253 cm³/mol. The largest absolute Gasteiger partial charge is 0.256 e. The highest BCUT2D eigenvalue weighted by Gasteiger charge is 2.19. The molecule has 0 saturated carbocycles. The first-order valence-electron chi connectivity index (χ1n) is 20.4. The van der Waals surface area contributed by atoms with Crippen molar-refractivity contribution in [1.29, 1.82) is 0 Å². The summed E-state index contributed by atoms with van der Waals surface area (Å²) in [4.78, 5) is 4.73. The second-order valence-electron chi connectivity index (χ2n) is 15.9. The topological polar surface area (TPSA) is 12.9 Å². The van der Waals surface area contributed by atoms with Crippen molar-refractivity contribution in [1.82, 2.24) is 4.98 Å². The van der Waals surface area contributed by atoms with Crippen molar-refractivity contribution in [2.45, 2.75) is 6.92 Å². The highest BCUT2D eigenvalue weighted by atomic mass is 14.6. The van der Waals surface area contributed by atoms with E-state index >= 15 is 0 Å². The van der Waals surface area contributed by atoms with Crippen LogP contribution >= 0.6 is 0 Å². The number of para-hydroxylation sites is 1. The van der Waals surface area contributed by atoms with Gasteiger partial charge in [-0.05, 0) is 134 Å². The molecule has 0 aliphatic rings. The lowest BCUT2D eigenvalue weighted by atomic mass is 9.84. The minimum atomic E-state index is 1.01. The van der Waals surface area contributed by atoms with Crippen LogP contribution in [0.2, 0.25) is 0 Å². The molecule has 0 N–H and O–H groups in total. The quantitative estimate of drug-likeness (QED) is 0.129. The number of aromatic nitrogens is 1. The first kappa shape index (κ1) is 33.5. The van der Waals surface area contributed by atoms with Crippen molar-refractivity contribution in [2.75, 3.05) is 0 Å². The molecule has 11 aromatic carbocycles. The van der Waals surface area contributed by atoms with E-state index in [1.807, 2.05) is 12.3 Å². The number of fused-ring (bicyclic) bond motifs is 9. The standard InChI is InChI=1S/C58H37N/c1-36-11-8-13-38-27-28-40-15-10-21-52(58(40)54(36)38)51-20-9-14-39-29-30-42-33-44(31-32-46(42)55(39)51)57-49-18-5-3-16-47(49)56(48-17-4-6-19-50(48)57)41-25-23-37(24-26-41)45-34-43-12-2-7-22-53(43)59-35-45/h2-35H,1H3. The fourth-order valence-corrected chi connectivity index (χ4v) is 9.87. The van der Waals surface area contributed by atoms with Gasteiger partial charge in [0.2, 0.25) is 0 Å². The van der Waals surface area contributed by atoms with Gasteiger partial charge in [-0.2, -0.15) is 0 Å². The smallest absolute Gasteiger partial charge is 0.0702 e. The van der Waals surface area contributed by atoms with Crippen LogP contribution in [0, 0.1) is 6.92 Å². The van der Waals surface area contributed by atoms with E-state index in [1.54, 1.807) is 0 Å². The van der Waals surface area contributed by atoms with Gasteiger partial charge in [0.25, 0.3) is 0 Å². The fraction of sp³-hybridized carbons (Fsp3) is 0.0172. The Labute approximate surface area is 342 Å². The lowest BCUT2D eigenvalue weighted by Crippen LogP contribution is -1.92. The molecule has 0 amide bonds. The summed E-state index contributed by atoms with van der Waals surface area (Å²) >= 11 is 0. The van der Waals surface area contributed by atoms with Gasteiger partial charge in [0.15, 0.2) is 0 Å². The number of hydrogen-bond acceptors (Lipinski definition) is 1. The summed E-state index contributed by atoms with van der Waals surface area (Å²) in [6.45, 7) is 2.24. The zero-order chi connectivity index (χ0) is 39.0. The normalized spacial score (nSPS) is 11.8. The molecule has 0 bridgehead atoms. The van der Waals surface area contributed by atoms with Crippen LogP contribution in [0.4, 0.5) is 0 Å². The molecule has 0 aliphatic heterocycles. The van der Waals surface area contributed by atoms with Gasteiger partial charge in [-0.3, -0.25) is 4.98 Å². The molecule has 1 heteroatoms. The molecule has 0 radical (unpaired) electrons. The van der Waals surface area contributed by atoms with Gasteiger partial charge in [0, 0.05) is 17.1 Å². The monoisotopic (exact) mass is 747 g/mol. The summed E-state index contributed by atoms with van der Waals surface area (Å²) < 4.78 is 0. The molecule has 1 heterocycles. The lowest BCUT2D eigenvalue weighted by molar-refractivity contribution is 1.41. The van der Waals surface area contributed by atoms with E-state index in [0.717, 1.165) is 22.0 Å². The zero-order valence-corrected chi connectivity index (χ0v) is 32.6. The highest BCUT2D eigenvalue weighted by molar-refractivity contribution is 6.24. The Balaban J connectivity index is 1.04. The van der Waals surface area contributed by atoms with E-state index in [9.17, 15) is 0 Å². The number of nitrogens with zero attached hydrogens (tertiary/aromatic N) is 1. The number of hydrogen-bond donors (Lipinski definition) is 0. The van der Waals surface area contributed by atoms with Gasteiger partial charge in [-0.1, -0.05) is 182 Å². The van der Waals surface area contributed by atoms with Crippen LogP contribution in [0.15, 0.2) is 206 Å². The first-order valence-corrected chi connectivity index (χ1v) is 20.4. The number of aryl methyl sites for hydroxylation is 1. The summed E-state index contributed by atoms with van der Waals surface area (Å²) in [7, 11) is 0. The second kappa shape index (κ2) is 13.2. The first-order chi connectivity index (χ1) is 29.2. The van der Waals surface area contributed by atoms with E-state index in [0.29, 0.717) is 0 Å². The lowest BCUT2D eigenvalue weighted by Gasteiger charge is -2.19. The molecule has 274 valence electrons. The fourth-order valence-electron chi connectivity index (χ4n) is 9.87. The van der Waals surface area contributed by atoms with Gasteiger partial charge >= 0.3 is 0 Å². The van der Waals surface area contributed by atoms with E-state index < -0.39 is 0 Å². The van der Waals surface area contributed by atoms with Crippen molar-refractivity contribution in [2.24, 2.45) is 0 Å². The third kappa shape index (κ3) is 5.29. The van der Waals surface area contributed by atoms with Crippen LogP contribution in [0.25, 0.3) is 120 Å². The third-order valence-corrected chi connectivity index (χ3v) is 12.6. The van der Waals surface area contributed by atoms with Crippen LogP contribution in [-0.4, -0.2) is 4.98 Å². The van der Waals surface area contributed by atoms with Crippen molar-refractivity contribution in [3.63, 3.8) is 0 Å². The molecule has 12 aromatic rings. The van der Waals surface area contributed by atoms with Crippen LogP contribution in [0.1, 0.15) is 5.56 Å². The highest BCUT2D eigenvalue weighted by Crippen LogP contribution is 2.46. The van der Waals surface area contributed by atoms with Gasteiger partial charge < -0.3 is 0 Å². The third-order valence-electron chi connectivity index (χ3n) is 12.6. The molecule has 0 unspecified atom stereocenters. The Morgan fingerprint density at radius 2 is 0.797 bits per heavy atom. The van der Waals surface area contributed by atoms with E-state index in [2.05, 4.69) is 201 Å². The summed E-state index contributed by atoms with van der Waals surface area (Å²) in [5.41, 5.74) is 12.1. The molecule has 0 fully saturated rings. The Kier molecular flexibility index (Phi) is 7.52. The minimum absolute atomic E-state index is 1.01. The summed E-state index contributed by atoms with van der Waals surface area (Å²) in [5.74, 6) is 0. The molecule has 59 heavy (non-hydrogen) atoms. The van der Waals surface area contributed by atoms with Gasteiger partial charge in [-0.25, -0.2) is 0 Å². The minimum Gasteiger partial charge on any atom is -0.256 e. The number of rotatable bonds is 4. The Morgan fingerprint density at radius 1 is 0.305 bits per heavy atom. The van der Waals surface area contributed by atoms with Crippen molar-refractivity contribution >= 4 is 75.5 Å². The molecule has 0 aliphatic carbocycles.